The maximum atomic E-state index is 11.6. The van der Waals surface area contributed by atoms with Gasteiger partial charge in [-0.15, -0.1) is 0 Å². The van der Waals surface area contributed by atoms with Gasteiger partial charge in [0.2, 0.25) is 0 Å². The molecule has 0 amide bonds. The predicted octanol–water partition coefficient (Wildman–Crippen LogP) is 8.91. The minimum absolute atomic E-state index is 0.177. The van der Waals surface area contributed by atoms with Crippen LogP contribution in [0.1, 0.15) is 167 Å². The summed E-state index contributed by atoms with van der Waals surface area (Å²) in [5.41, 5.74) is 0. The van der Waals surface area contributed by atoms with Crippen molar-refractivity contribution in [3.63, 3.8) is 0 Å². The largest absolute Gasteiger partial charge is 0.481 e. The molecule has 35 heavy (non-hydrogen) atoms. The second-order valence-corrected chi connectivity index (χ2v) is 10.7. The van der Waals surface area contributed by atoms with Gasteiger partial charge >= 0.3 is 11.9 Å². The molecule has 5 heteroatoms. The summed E-state index contributed by atoms with van der Waals surface area (Å²) in [5, 5.41) is 28.1. The minimum Gasteiger partial charge on any atom is -0.481 e. The van der Waals surface area contributed by atoms with Crippen molar-refractivity contribution >= 4 is 11.9 Å². The quantitative estimate of drug-likeness (QED) is 0.0936. The first-order chi connectivity index (χ1) is 17.0. The van der Waals surface area contributed by atoms with E-state index in [1.807, 2.05) is 0 Å². The van der Waals surface area contributed by atoms with Gasteiger partial charge in [0.1, 0.15) is 0 Å². The molecule has 0 saturated heterocycles. The van der Waals surface area contributed by atoms with E-state index in [-0.39, 0.29) is 18.4 Å². The molecule has 0 aliphatic heterocycles. The molecule has 0 aromatic carbocycles. The molecule has 3 N–H and O–H groups in total. The van der Waals surface area contributed by atoms with Gasteiger partial charge in [-0.05, 0) is 32.1 Å². The second-order valence-electron chi connectivity index (χ2n) is 10.7. The molecule has 0 spiro atoms. The summed E-state index contributed by atoms with van der Waals surface area (Å²) in [5.74, 6) is -1.62. The van der Waals surface area contributed by atoms with Crippen molar-refractivity contribution in [3.8, 4) is 0 Å². The molecule has 0 bridgehead atoms. The lowest BCUT2D eigenvalue weighted by atomic mass is 9.94. The number of unbranched alkanes of at least 4 members (excludes halogenated alkanes) is 17. The van der Waals surface area contributed by atoms with Crippen LogP contribution in [0.4, 0.5) is 0 Å². The van der Waals surface area contributed by atoms with Crippen molar-refractivity contribution < 1.29 is 24.9 Å². The summed E-state index contributed by atoms with van der Waals surface area (Å²) >= 11 is 0. The Morgan fingerprint density at radius 1 is 0.514 bits per heavy atom. The van der Waals surface area contributed by atoms with Gasteiger partial charge in [-0.25, -0.2) is 0 Å². The van der Waals surface area contributed by atoms with Crippen molar-refractivity contribution in [2.75, 3.05) is 0 Å². The van der Waals surface area contributed by atoms with Crippen LogP contribution in [-0.2, 0) is 9.59 Å². The molecular weight excluding hydrogens is 440 g/mol. The summed E-state index contributed by atoms with van der Waals surface area (Å²) in [6.07, 6.45) is 26.7. The maximum absolute atomic E-state index is 11.6. The van der Waals surface area contributed by atoms with Gasteiger partial charge in [-0.1, -0.05) is 129 Å². The van der Waals surface area contributed by atoms with Gasteiger partial charge in [-0.2, -0.15) is 0 Å². The van der Waals surface area contributed by atoms with Gasteiger partial charge in [-0.3, -0.25) is 9.59 Å². The maximum Gasteiger partial charge on any atom is 0.306 e. The lowest BCUT2D eigenvalue weighted by Gasteiger charge is -2.13. The minimum atomic E-state index is -0.775. The molecule has 0 fully saturated rings. The number of carboxylic acid groups (broad SMARTS) is 2. The predicted molar refractivity (Wildman–Crippen MR) is 146 cm³/mol. The van der Waals surface area contributed by atoms with Crippen LogP contribution in [0.3, 0.4) is 0 Å². The van der Waals surface area contributed by atoms with Crippen molar-refractivity contribution in [1.82, 2.24) is 0 Å². The molecule has 0 rings (SSSR count). The Bertz CT molecular complexity index is 479. The lowest BCUT2D eigenvalue weighted by Crippen LogP contribution is -2.13. The molecular formula is C30H58O5. The van der Waals surface area contributed by atoms with Crippen LogP contribution in [0.25, 0.3) is 0 Å². The zero-order chi connectivity index (χ0) is 26.0. The Labute approximate surface area is 216 Å². The topological polar surface area (TPSA) is 94.8 Å². The summed E-state index contributed by atoms with van der Waals surface area (Å²) in [4.78, 5) is 22.1. The number of aliphatic hydroxyl groups is 1. The molecule has 0 aromatic heterocycles. The SMILES string of the molecule is CCCCCCCCCCCCCCCC[C@@H](CCCCCC[C@H](O)CCCCC(=O)O)C(=O)O. The third-order valence-corrected chi connectivity index (χ3v) is 7.27. The van der Waals surface area contributed by atoms with Crippen molar-refractivity contribution in [1.29, 1.82) is 0 Å². The van der Waals surface area contributed by atoms with Crippen LogP contribution >= 0.6 is 0 Å². The number of hydrogen-bond acceptors (Lipinski definition) is 3. The number of aliphatic hydroxyl groups excluding tert-OH is 1. The first kappa shape index (κ1) is 33.9. The van der Waals surface area contributed by atoms with Crippen LogP contribution in [0.5, 0.6) is 0 Å². The highest BCUT2D eigenvalue weighted by molar-refractivity contribution is 5.69. The number of carboxylic acids is 2. The summed E-state index contributed by atoms with van der Waals surface area (Å²) in [6, 6.07) is 0. The zero-order valence-corrected chi connectivity index (χ0v) is 23.0. The number of aliphatic carboxylic acids is 2. The highest BCUT2D eigenvalue weighted by Crippen LogP contribution is 2.20. The molecule has 0 heterocycles. The van der Waals surface area contributed by atoms with Crippen LogP contribution < -0.4 is 0 Å². The molecule has 2 atom stereocenters. The van der Waals surface area contributed by atoms with E-state index in [2.05, 4.69) is 6.92 Å². The summed E-state index contributed by atoms with van der Waals surface area (Å²) in [6.45, 7) is 2.27. The number of rotatable bonds is 28. The fourth-order valence-electron chi connectivity index (χ4n) is 4.90. The first-order valence-electron chi connectivity index (χ1n) is 15.1. The number of carbonyl (C=O) groups is 2. The van der Waals surface area contributed by atoms with E-state index >= 15 is 0 Å². The van der Waals surface area contributed by atoms with Gasteiger partial charge < -0.3 is 15.3 Å². The molecule has 0 aliphatic rings. The summed E-state index contributed by atoms with van der Waals surface area (Å²) < 4.78 is 0. The average Bonchev–Trinajstić information content (AvgIpc) is 2.82. The van der Waals surface area contributed by atoms with E-state index < -0.39 is 11.9 Å². The van der Waals surface area contributed by atoms with E-state index in [9.17, 15) is 19.8 Å². The van der Waals surface area contributed by atoms with E-state index in [4.69, 9.17) is 5.11 Å². The van der Waals surface area contributed by atoms with E-state index in [0.717, 1.165) is 64.2 Å². The average molecular weight is 499 g/mol. The Hall–Kier alpha value is -1.10. The second kappa shape index (κ2) is 26.0. The summed E-state index contributed by atoms with van der Waals surface area (Å²) in [7, 11) is 0. The molecule has 0 aromatic rings. The molecule has 0 saturated carbocycles. The Morgan fingerprint density at radius 3 is 1.23 bits per heavy atom. The molecule has 0 aliphatic carbocycles. The lowest BCUT2D eigenvalue weighted by molar-refractivity contribution is -0.142. The van der Waals surface area contributed by atoms with Crippen molar-refractivity contribution in [3.05, 3.63) is 0 Å². The van der Waals surface area contributed by atoms with Gasteiger partial charge in [0.15, 0.2) is 0 Å². The van der Waals surface area contributed by atoms with Gasteiger partial charge in [0.05, 0.1) is 12.0 Å². The normalized spacial score (nSPS) is 13.1. The smallest absolute Gasteiger partial charge is 0.306 e. The van der Waals surface area contributed by atoms with Crippen LogP contribution in [0.15, 0.2) is 0 Å². The monoisotopic (exact) mass is 498 g/mol. The van der Waals surface area contributed by atoms with E-state index in [1.54, 1.807) is 0 Å². The molecule has 0 radical (unpaired) electrons. The Morgan fingerprint density at radius 2 is 0.857 bits per heavy atom. The van der Waals surface area contributed by atoms with Crippen molar-refractivity contribution in [2.45, 2.75) is 174 Å². The highest BCUT2D eigenvalue weighted by atomic mass is 16.4. The first-order valence-corrected chi connectivity index (χ1v) is 15.1. The Balaban J connectivity index is 3.52. The third kappa shape index (κ3) is 25.8. The highest BCUT2D eigenvalue weighted by Gasteiger charge is 2.16. The van der Waals surface area contributed by atoms with Crippen LogP contribution in [0, 0.1) is 5.92 Å². The molecule has 5 nitrogen and oxygen atoms in total. The fraction of sp³-hybridized carbons (Fsp3) is 0.933. The van der Waals surface area contributed by atoms with E-state index in [1.165, 1.54) is 77.0 Å². The molecule has 208 valence electrons. The van der Waals surface area contributed by atoms with E-state index in [0.29, 0.717) is 12.8 Å². The number of hydrogen-bond donors (Lipinski definition) is 3. The van der Waals surface area contributed by atoms with Crippen molar-refractivity contribution in [2.24, 2.45) is 5.92 Å². The van der Waals surface area contributed by atoms with Gasteiger partial charge in [0, 0.05) is 6.42 Å². The van der Waals surface area contributed by atoms with Crippen LogP contribution in [-0.4, -0.2) is 33.4 Å². The zero-order valence-electron chi connectivity index (χ0n) is 23.0. The Kier molecular flexibility index (Phi) is 25.2. The van der Waals surface area contributed by atoms with Gasteiger partial charge in [0.25, 0.3) is 0 Å². The third-order valence-electron chi connectivity index (χ3n) is 7.27. The standard InChI is InChI=1S/C30H58O5/c1-2-3-4-5-6-7-8-9-10-11-12-13-14-17-22-27(30(34)35)23-18-15-16-19-24-28(31)25-20-21-26-29(32)33/h27-28,31H,2-26H2,1H3,(H,32,33)(H,34,35)/t27-,28-/m0/s1. The fourth-order valence-corrected chi connectivity index (χ4v) is 4.90. The van der Waals surface area contributed by atoms with Crippen LogP contribution in [0.2, 0.25) is 0 Å². The molecule has 0 unspecified atom stereocenters.